The van der Waals surface area contributed by atoms with Crippen LogP contribution in [0.1, 0.15) is 27.4 Å². The summed E-state index contributed by atoms with van der Waals surface area (Å²) in [5.41, 5.74) is 1.95. The van der Waals surface area contributed by atoms with E-state index in [0.29, 0.717) is 25.5 Å². The zero-order valence-corrected chi connectivity index (χ0v) is 18.6. The summed E-state index contributed by atoms with van der Waals surface area (Å²) in [5, 5.41) is 0. The zero-order chi connectivity index (χ0) is 23.0. The molecule has 1 atom stereocenters. The van der Waals surface area contributed by atoms with Crippen molar-refractivity contribution in [3.63, 3.8) is 0 Å². The quantitative estimate of drug-likeness (QED) is 0.526. The Kier molecular flexibility index (Phi) is 7.49. The molecule has 1 fully saturated rings. The molecule has 1 aliphatic heterocycles. The minimum Gasteiger partial charge on any atom is -0.453 e. The topological polar surface area (TPSA) is 85.1 Å². The highest BCUT2D eigenvalue weighted by molar-refractivity contribution is 5.94. The van der Waals surface area contributed by atoms with Crippen LogP contribution in [0, 0.1) is 0 Å². The van der Waals surface area contributed by atoms with Crippen molar-refractivity contribution in [3.8, 4) is 0 Å². The van der Waals surface area contributed by atoms with Crippen molar-refractivity contribution in [3.05, 3.63) is 89.6 Å². The second-order valence-electron chi connectivity index (χ2n) is 7.94. The molecule has 3 heterocycles. The van der Waals surface area contributed by atoms with Gasteiger partial charge in [-0.05, 0) is 29.3 Å². The van der Waals surface area contributed by atoms with E-state index in [1.807, 2.05) is 42.5 Å². The summed E-state index contributed by atoms with van der Waals surface area (Å²) in [6.07, 6.45) is 3.08. The van der Waals surface area contributed by atoms with Crippen LogP contribution in [0.2, 0.25) is 0 Å². The number of aromatic nitrogens is 1. The first kappa shape index (κ1) is 22.7. The van der Waals surface area contributed by atoms with E-state index >= 15 is 0 Å². The van der Waals surface area contributed by atoms with Crippen LogP contribution in [-0.2, 0) is 34.0 Å². The third-order valence-corrected chi connectivity index (χ3v) is 5.40. The maximum atomic E-state index is 13.2. The average molecular weight is 450 g/mol. The molecule has 2 aromatic heterocycles. The lowest BCUT2D eigenvalue weighted by Crippen LogP contribution is -2.39. The molecule has 0 saturated carbocycles. The van der Waals surface area contributed by atoms with Gasteiger partial charge in [0.2, 0.25) is 5.91 Å². The fourth-order valence-corrected chi connectivity index (χ4v) is 3.76. The summed E-state index contributed by atoms with van der Waals surface area (Å²) in [7, 11) is 1.56. The summed E-state index contributed by atoms with van der Waals surface area (Å²) in [4.78, 5) is 33.6. The molecule has 2 amide bonds. The van der Waals surface area contributed by atoms with Crippen molar-refractivity contribution < 1.29 is 23.5 Å². The van der Waals surface area contributed by atoms with Gasteiger partial charge in [0.1, 0.15) is 18.9 Å². The largest absolute Gasteiger partial charge is 0.453 e. The van der Waals surface area contributed by atoms with Crippen molar-refractivity contribution in [2.45, 2.75) is 25.9 Å². The molecule has 4 rings (SSSR count). The van der Waals surface area contributed by atoms with Crippen molar-refractivity contribution in [2.75, 3.05) is 26.7 Å². The Morgan fingerprint density at radius 2 is 1.88 bits per heavy atom. The molecule has 0 bridgehead atoms. The molecule has 0 N–H and O–H groups in total. The average Bonchev–Trinajstić information content (AvgIpc) is 3.25. The first-order chi connectivity index (χ1) is 16.1. The Bertz CT molecular complexity index is 1050. The molecule has 3 aromatic rings. The van der Waals surface area contributed by atoms with Crippen molar-refractivity contribution in [1.29, 1.82) is 0 Å². The van der Waals surface area contributed by atoms with E-state index in [0.717, 1.165) is 11.1 Å². The van der Waals surface area contributed by atoms with E-state index in [2.05, 4.69) is 4.98 Å². The van der Waals surface area contributed by atoms with E-state index in [1.54, 1.807) is 36.5 Å². The van der Waals surface area contributed by atoms with Crippen LogP contribution in [0.3, 0.4) is 0 Å². The van der Waals surface area contributed by atoms with Crippen LogP contribution >= 0.6 is 0 Å². The number of ether oxygens (including phenoxy) is 2. The minimum absolute atomic E-state index is 0.0510. The number of nitrogens with zero attached hydrogens (tertiary/aromatic N) is 3. The van der Waals surface area contributed by atoms with Crippen LogP contribution in [0.25, 0.3) is 0 Å². The Morgan fingerprint density at radius 3 is 2.64 bits per heavy atom. The summed E-state index contributed by atoms with van der Waals surface area (Å²) >= 11 is 0. The molecule has 0 unspecified atom stereocenters. The Hall–Kier alpha value is -3.49. The van der Waals surface area contributed by atoms with Gasteiger partial charge in [0.05, 0.1) is 12.7 Å². The standard InChI is InChI=1S/C25H27N3O5/c1-31-18-21-9-10-23(33-21)25(30)28-15-22(32-17-19-6-3-2-4-7-19)14-27(24(29)16-28)13-20-8-5-11-26-12-20/h2-12,22H,13-18H2,1H3/t22-/m1/s1. The zero-order valence-electron chi connectivity index (χ0n) is 18.6. The summed E-state index contributed by atoms with van der Waals surface area (Å²) in [6.45, 7) is 1.66. The first-order valence-corrected chi connectivity index (χ1v) is 10.8. The number of carbonyl (C=O) groups excluding carboxylic acids is 2. The molecule has 0 radical (unpaired) electrons. The van der Waals surface area contributed by atoms with Crippen molar-refractivity contribution >= 4 is 11.8 Å². The number of carbonyl (C=O) groups is 2. The van der Waals surface area contributed by atoms with Crippen LogP contribution in [0.5, 0.6) is 0 Å². The van der Waals surface area contributed by atoms with E-state index < -0.39 is 0 Å². The number of pyridine rings is 1. The van der Waals surface area contributed by atoms with Gasteiger partial charge in [-0.15, -0.1) is 0 Å². The predicted molar refractivity (Wildman–Crippen MR) is 120 cm³/mol. The molecule has 8 heteroatoms. The van der Waals surface area contributed by atoms with Gasteiger partial charge < -0.3 is 23.7 Å². The summed E-state index contributed by atoms with van der Waals surface area (Å²) in [5.74, 6) is 0.235. The molecule has 8 nitrogen and oxygen atoms in total. The predicted octanol–water partition coefficient (Wildman–Crippen LogP) is 2.89. The van der Waals surface area contributed by atoms with Crippen LogP contribution < -0.4 is 0 Å². The van der Waals surface area contributed by atoms with E-state index in [1.165, 1.54) is 4.90 Å². The smallest absolute Gasteiger partial charge is 0.290 e. The lowest BCUT2D eigenvalue weighted by atomic mass is 10.2. The molecular weight excluding hydrogens is 422 g/mol. The fourth-order valence-electron chi connectivity index (χ4n) is 3.76. The van der Waals surface area contributed by atoms with Gasteiger partial charge in [0.25, 0.3) is 5.91 Å². The summed E-state index contributed by atoms with van der Waals surface area (Å²) < 4.78 is 16.8. The molecule has 1 aliphatic rings. The Labute approximate surface area is 192 Å². The maximum Gasteiger partial charge on any atom is 0.290 e. The van der Waals surface area contributed by atoms with Crippen LogP contribution in [0.4, 0.5) is 0 Å². The van der Waals surface area contributed by atoms with Crippen molar-refractivity contribution in [2.24, 2.45) is 0 Å². The number of amides is 2. The fraction of sp³-hybridized carbons (Fsp3) is 0.320. The highest BCUT2D eigenvalue weighted by Gasteiger charge is 2.32. The lowest BCUT2D eigenvalue weighted by molar-refractivity contribution is -0.132. The van der Waals surface area contributed by atoms with Gasteiger partial charge in [-0.25, -0.2) is 0 Å². The van der Waals surface area contributed by atoms with Crippen LogP contribution in [0.15, 0.2) is 71.4 Å². The normalized spacial score (nSPS) is 16.6. The highest BCUT2D eigenvalue weighted by atomic mass is 16.5. The van der Waals surface area contributed by atoms with E-state index in [-0.39, 0.29) is 43.4 Å². The molecule has 0 spiro atoms. The second-order valence-corrected chi connectivity index (χ2v) is 7.94. The third-order valence-electron chi connectivity index (χ3n) is 5.40. The summed E-state index contributed by atoms with van der Waals surface area (Å²) in [6, 6.07) is 16.9. The van der Waals surface area contributed by atoms with Crippen LogP contribution in [-0.4, -0.2) is 59.4 Å². The van der Waals surface area contributed by atoms with Gasteiger partial charge in [-0.1, -0.05) is 36.4 Å². The Balaban J connectivity index is 1.52. The molecule has 33 heavy (non-hydrogen) atoms. The van der Waals surface area contributed by atoms with Gasteiger partial charge in [-0.3, -0.25) is 14.6 Å². The molecule has 1 saturated heterocycles. The van der Waals surface area contributed by atoms with Gasteiger partial charge in [0, 0.05) is 39.1 Å². The molecule has 0 aliphatic carbocycles. The number of benzene rings is 1. The first-order valence-electron chi connectivity index (χ1n) is 10.8. The third kappa shape index (κ3) is 6.06. The molecular formula is C25H27N3O5. The number of hydrogen-bond donors (Lipinski definition) is 0. The highest BCUT2D eigenvalue weighted by Crippen LogP contribution is 2.18. The number of furan rings is 1. The molecule has 1 aromatic carbocycles. The number of methoxy groups -OCH3 is 1. The van der Waals surface area contributed by atoms with Crippen molar-refractivity contribution in [1.82, 2.24) is 14.8 Å². The maximum absolute atomic E-state index is 13.2. The Morgan fingerprint density at radius 1 is 1.06 bits per heavy atom. The molecule has 172 valence electrons. The van der Waals surface area contributed by atoms with E-state index in [9.17, 15) is 9.59 Å². The van der Waals surface area contributed by atoms with E-state index in [4.69, 9.17) is 13.9 Å². The SMILES string of the molecule is COCc1ccc(C(=O)N2CC(=O)N(Cc3cccnc3)C[C@@H](OCc3ccccc3)C2)o1. The lowest BCUT2D eigenvalue weighted by Gasteiger charge is -2.24. The van der Waals surface area contributed by atoms with Gasteiger partial charge in [0.15, 0.2) is 5.76 Å². The monoisotopic (exact) mass is 449 g/mol. The van der Waals surface area contributed by atoms with Gasteiger partial charge in [-0.2, -0.15) is 0 Å². The van der Waals surface area contributed by atoms with Gasteiger partial charge >= 0.3 is 0 Å². The number of hydrogen-bond acceptors (Lipinski definition) is 6. The number of rotatable bonds is 8. The minimum atomic E-state index is -0.356. The second kappa shape index (κ2) is 10.9.